The maximum atomic E-state index is 15.5. The van der Waals surface area contributed by atoms with E-state index in [4.69, 9.17) is 9.47 Å². The van der Waals surface area contributed by atoms with E-state index in [1.807, 2.05) is 267 Å². The van der Waals surface area contributed by atoms with Crippen LogP contribution in [0.5, 0.6) is 0 Å². The highest BCUT2D eigenvalue weighted by Crippen LogP contribution is 2.74. The number of anilines is 4. The minimum atomic E-state index is -1.77. The SMILES string of the molecule is CC(=O)N1C(=O)[C@@]2(c3ccccc31)[C@H](c1ccccc1)[C@@H](c1ccccc1)O[C@]21C(=O)N(Cc2ccccc2)c2ccccc21.CC(=O)N1C(=O)[C@]2(c3ccccc31)[C@@H](c1ccccc1)[C@H](c1ccccc1)O[C@@]21C(=O)N(Cc2ccccc2)c2ccccc21. The van der Waals surface area contributed by atoms with Gasteiger partial charge in [0.25, 0.3) is 11.8 Å². The largest absolute Gasteiger partial charge is 0.350 e. The van der Waals surface area contributed by atoms with Crippen molar-refractivity contribution in [2.75, 3.05) is 19.6 Å². The van der Waals surface area contributed by atoms with Crippen LogP contribution in [0, 0.1) is 0 Å². The number of carbonyl (C=O) groups is 6. The van der Waals surface area contributed by atoms with Gasteiger partial charge in [0, 0.05) is 36.8 Å². The molecule has 6 aliphatic heterocycles. The average molecular weight is 1180 g/mol. The van der Waals surface area contributed by atoms with Gasteiger partial charge in [0.1, 0.15) is 10.8 Å². The van der Waals surface area contributed by atoms with Gasteiger partial charge in [-0.05, 0) is 68.8 Å². The molecule has 2 saturated heterocycles. The van der Waals surface area contributed by atoms with E-state index in [-0.39, 0.29) is 11.8 Å². The third kappa shape index (κ3) is 7.74. The summed E-state index contributed by atoms with van der Waals surface area (Å²) in [5.41, 5.74) is 3.39. The van der Waals surface area contributed by atoms with Gasteiger partial charge in [-0.2, -0.15) is 0 Å². The number of hydrogen-bond donors (Lipinski definition) is 0. The Labute approximate surface area is 521 Å². The molecule has 0 radical (unpaired) electrons. The van der Waals surface area contributed by atoms with Crippen molar-refractivity contribution in [2.24, 2.45) is 0 Å². The first-order chi connectivity index (χ1) is 44.0. The summed E-state index contributed by atoms with van der Waals surface area (Å²) in [6.07, 6.45) is -1.38. The lowest BCUT2D eigenvalue weighted by atomic mass is 9.57. The molecule has 16 rings (SSSR count). The molecule has 6 aliphatic rings. The fourth-order valence-corrected chi connectivity index (χ4v) is 16.0. The minimum absolute atomic E-state index is 0.302. The second kappa shape index (κ2) is 21.6. The Morgan fingerprint density at radius 1 is 0.322 bits per heavy atom. The van der Waals surface area contributed by atoms with E-state index in [0.717, 1.165) is 33.4 Å². The summed E-state index contributed by atoms with van der Waals surface area (Å²) >= 11 is 0. The van der Waals surface area contributed by atoms with Crippen LogP contribution in [-0.2, 0) is 73.4 Å². The van der Waals surface area contributed by atoms with Crippen LogP contribution in [0.1, 0.15) is 93.5 Å². The van der Waals surface area contributed by atoms with E-state index < -0.39 is 69.7 Å². The second-order valence-electron chi connectivity index (χ2n) is 23.8. The predicted octanol–water partition coefficient (Wildman–Crippen LogP) is 13.6. The van der Waals surface area contributed by atoms with Crippen LogP contribution >= 0.6 is 0 Å². The van der Waals surface area contributed by atoms with Crippen LogP contribution in [0.4, 0.5) is 22.7 Å². The first-order valence-corrected chi connectivity index (χ1v) is 30.4. The van der Waals surface area contributed by atoms with Crippen molar-refractivity contribution in [1.82, 2.24) is 0 Å². The summed E-state index contributed by atoms with van der Waals surface area (Å²) in [6, 6.07) is 88.8. The molecule has 4 spiro atoms. The zero-order valence-electron chi connectivity index (χ0n) is 49.3. The van der Waals surface area contributed by atoms with Crippen molar-refractivity contribution in [2.45, 2.75) is 73.0 Å². The molecule has 0 aliphatic carbocycles. The number of imide groups is 2. The zero-order chi connectivity index (χ0) is 61.5. The number of para-hydroxylation sites is 4. The van der Waals surface area contributed by atoms with Gasteiger partial charge in [-0.25, -0.2) is 9.80 Å². The van der Waals surface area contributed by atoms with Crippen molar-refractivity contribution in [3.8, 4) is 0 Å². The Hall–Kier alpha value is -10.7. The number of rotatable bonds is 8. The number of nitrogens with zero attached hydrogens (tertiary/aromatic N) is 4. The normalized spacial score (nSPS) is 24.8. The lowest BCUT2D eigenvalue weighted by Crippen LogP contribution is -2.59. The first kappa shape index (κ1) is 55.9. The molecular formula is C78H60N4O8. The fourth-order valence-electron chi connectivity index (χ4n) is 16.0. The second-order valence-corrected chi connectivity index (χ2v) is 23.8. The highest BCUT2D eigenvalue weighted by Gasteiger charge is 2.82. The predicted molar refractivity (Wildman–Crippen MR) is 343 cm³/mol. The van der Waals surface area contributed by atoms with Gasteiger partial charge in [-0.3, -0.25) is 28.8 Å². The molecule has 10 aromatic rings. The zero-order valence-corrected chi connectivity index (χ0v) is 49.3. The van der Waals surface area contributed by atoms with Crippen molar-refractivity contribution in [1.29, 1.82) is 0 Å². The Bertz CT molecular complexity index is 4210. The molecule has 440 valence electrons. The van der Waals surface area contributed by atoms with Crippen LogP contribution in [0.15, 0.2) is 279 Å². The van der Waals surface area contributed by atoms with Crippen molar-refractivity contribution in [3.63, 3.8) is 0 Å². The maximum Gasteiger partial charge on any atom is 0.265 e. The Balaban J connectivity index is 0.000000150. The number of ether oxygens (including phenoxy) is 2. The summed E-state index contributed by atoms with van der Waals surface area (Å²) in [6.45, 7) is 3.40. The summed E-state index contributed by atoms with van der Waals surface area (Å²) < 4.78 is 14.6. The van der Waals surface area contributed by atoms with Crippen LogP contribution in [0.25, 0.3) is 0 Å². The van der Waals surface area contributed by atoms with E-state index in [1.165, 1.54) is 23.6 Å². The third-order valence-corrected chi connectivity index (χ3v) is 19.3. The van der Waals surface area contributed by atoms with E-state index in [0.29, 0.717) is 58.1 Å². The molecule has 0 bridgehead atoms. The number of amides is 6. The maximum absolute atomic E-state index is 15.5. The Morgan fingerprint density at radius 2 is 0.589 bits per heavy atom. The van der Waals surface area contributed by atoms with E-state index in [9.17, 15) is 9.59 Å². The summed E-state index contributed by atoms with van der Waals surface area (Å²) in [5, 5.41) is 0. The molecule has 8 atom stereocenters. The molecule has 0 saturated carbocycles. The first-order valence-electron chi connectivity index (χ1n) is 30.4. The molecule has 12 heteroatoms. The molecule has 2 fully saturated rings. The summed E-state index contributed by atoms with van der Waals surface area (Å²) in [5.74, 6) is -3.65. The van der Waals surface area contributed by atoms with Crippen molar-refractivity contribution < 1.29 is 38.2 Å². The standard InChI is InChI=1S/2C39H30N2O4/c2*1-26(42)41-33-24-14-11-21-30(33)38(36(41)43)34(28-17-7-3-8-18-28)35(29-19-9-4-10-20-29)45-39(38)31-22-12-13-23-32(31)40(37(39)44)25-27-15-5-2-6-16-27/h2*2-24,34-35H,25H2,1H3/t2*34-,35-,38-,39-/m10/s1. The fraction of sp³-hybridized carbons (Fsp3) is 0.154. The van der Waals surface area contributed by atoms with Crippen LogP contribution < -0.4 is 19.6 Å². The summed E-state index contributed by atoms with van der Waals surface area (Å²) in [7, 11) is 0. The monoisotopic (exact) mass is 1180 g/mol. The van der Waals surface area contributed by atoms with E-state index in [1.54, 1.807) is 21.9 Å². The molecule has 0 aromatic heterocycles. The van der Waals surface area contributed by atoms with Crippen molar-refractivity contribution >= 4 is 58.2 Å². The highest BCUT2D eigenvalue weighted by molar-refractivity contribution is 6.28. The number of fused-ring (bicyclic) bond motifs is 10. The van der Waals surface area contributed by atoms with Crippen molar-refractivity contribution in [3.05, 3.63) is 335 Å². The van der Waals surface area contributed by atoms with Gasteiger partial charge >= 0.3 is 0 Å². The van der Waals surface area contributed by atoms with Gasteiger partial charge in [-0.15, -0.1) is 0 Å². The highest BCUT2D eigenvalue weighted by atomic mass is 16.5. The molecule has 0 unspecified atom stereocenters. The Kier molecular flexibility index (Phi) is 13.4. The molecule has 90 heavy (non-hydrogen) atoms. The number of hydrogen-bond acceptors (Lipinski definition) is 8. The number of carbonyl (C=O) groups excluding carboxylic acids is 6. The third-order valence-electron chi connectivity index (χ3n) is 19.3. The molecule has 10 aromatic carbocycles. The van der Waals surface area contributed by atoms with Gasteiger partial charge in [0.05, 0.1) is 48.0 Å². The average Bonchev–Trinajstić information content (AvgIpc) is 1.49. The van der Waals surface area contributed by atoms with Gasteiger partial charge < -0.3 is 19.3 Å². The van der Waals surface area contributed by atoms with E-state index in [2.05, 4.69) is 0 Å². The molecule has 12 nitrogen and oxygen atoms in total. The molecular weight excluding hydrogens is 1120 g/mol. The molecule has 6 heterocycles. The van der Waals surface area contributed by atoms with Crippen LogP contribution in [-0.4, -0.2) is 35.4 Å². The lowest BCUT2D eigenvalue weighted by molar-refractivity contribution is -0.154. The quantitative estimate of drug-likeness (QED) is 0.147. The van der Waals surface area contributed by atoms with Crippen LogP contribution in [0.2, 0.25) is 0 Å². The van der Waals surface area contributed by atoms with Gasteiger partial charge in [0.2, 0.25) is 23.6 Å². The minimum Gasteiger partial charge on any atom is -0.350 e. The topological polar surface area (TPSA) is 134 Å². The van der Waals surface area contributed by atoms with Gasteiger partial charge in [-0.1, -0.05) is 255 Å². The Morgan fingerprint density at radius 3 is 0.911 bits per heavy atom. The van der Waals surface area contributed by atoms with Crippen LogP contribution in [0.3, 0.4) is 0 Å². The molecule has 6 amide bonds. The molecule has 0 N–H and O–H groups in total. The number of benzene rings is 10. The smallest absolute Gasteiger partial charge is 0.265 e. The summed E-state index contributed by atoms with van der Waals surface area (Å²) in [4.78, 5) is 94.5. The van der Waals surface area contributed by atoms with E-state index >= 15 is 19.2 Å². The van der Waals surface area contributed by atoms with Gasteiger partial charge in [0.15, 0.2) is 11.2 Å². The lowest BCUT2D eigenvalue weighted by Gasteiger charge is -2.40.